The summed E-state index contributed by atoms with van der Waals surface area (Å²) >= 11 is 0. The van der Waals surface area contributed by atoms with E-state index in [-0.39, 0.29) is 13.2 Å². The van der Waals surface area contributed by atoms with Crippen molar-refractivity contribution in [1.82, 2.24) is 0 Å². The highest BCUT2D eigenvalue weighted by molar-refractivity contribution is 6.29. The van der Waals surface area contributed by atoms with Crippen LogP contribution in [0.5, 0.6) is 23.0 Å². The first kappa shape index (κ1) is 70.5. The molecule has 0 N–H and O–H groups in total. The number of carbonyl (C=O) groups excluding carboxylic acids is 2. The summed E-state index contributed by atoms with van der Waals surface area (Å²) in [6, 6.07) is 44.9. The second kappa shape index (κ2) is 44.0. The largest absolute Gasteiger partial charge is 0.494 e. The highest BCUT2D eigenvalue weighted by Gasteiger charge is 2.21. The van der Waals surface area contributed by atoms with E-state index >= 15 is 0 Å². The van der Waals surface area contributed by atoms with E-state index in [4.69, 9.17) is 28.4 Å². The molecule has 88 heavy (non-hydrogen) atoms. The zero-order valence-corrected chi connectivity index (χ0v) is 54.8. The molecule has 0 saturated carbocycles. The van der Waals surface area contributed by atoms with Crippen LogP contribution in [0.4, 0.5) is 0 Å². The van der Waals surface area contributed by atoms with E-state index in [0.29, 0.717) is 26.4 Å². The third-order valence-electron chi connectivity index (χ3n) is 16.9. The van der Waals surface area contributed by atoms with Gasteiger partial charge in [0.2, 0.25) is 0 Å². The minimum absolute atomic E-state index is 0.138. The van der Waals surface area contributed by atoms with Gasteiger partial charge in [-0.25, -0.2) is 9.59 Å². The van der Waals surface area contributed by atoms with Crippen LogP contribution in [0.25, 0.3) is 44.5 Å². The van der Waals surface area contributed by atoms with Crippen LogP contribution in [0.2, 0.25) is 0 Å². The summed E-state index contributed by atoms with van der Waals surface area (Å²) in [5.74, 6) is 1.21. The van der Waals surface area contributed by atoms with Gasteiger partial charge in [-0.2, -0.15) is 0 Å². The predicted octanol–water partition coefficient (Wildman–Crippen LogP) is 23.2. The van der Waals surface area contributed by atoms with Crippen LogP contribution in [-0.4, -0.2) is 38.4 Å². The van der Waals surface area contributed by atoms with E-state index < -0.39 is 11.9 Å². The van der Waals surface area contributed by atoms with E-state index in [9.17, 15) is 9.59 Å². The first-order chi connectivity index (χ1) is 43.4. The molecule has 0 bridgehead atoms. The van der Waals surface area contributed by atoms with E-state index in [1.54, 1.807) is 0 Å². The van der Waals surface area contributed by atoms with Crippen LogP contribution in [0.3, 0.4) is 0 Å². The van der Waals surface area contributed by atoms with Gasteiger partial charge in [-0.15, -0.1) is 0 Å². The Balaban J connectivity index is 1.12. The Hall–Kier alpha value is -6.54. The Labute approximate surface area is 532 Å². The fourth-order valence-corrected chi connectivity index (χ4v) is 11.4. The number of unbranched alkanes of at least 4 members (excludes halogenated alkanes) is 28. The minimum atomic E-state index is -1.06. The van der Waals surface area contributed by atoms with Crippen molar-refractivity contribution in [3.05, 3.63) is 145 Å². The molecule has 8 heteroatoms. The molecule has 8 nitrogen and oxygen atoms in total. The maximum atomic E-state index is 13.8. The Bertz CT molecular complexity index is 2590. The molecule has 0 amide bonds. The smallest absolute Gasteiger partial charge is 0.417 e. The van der Waals surface area contributed by atoms with Crippen molar-refractivity contribution < 1.29 is 38.0 Å². The lowest BCUT2D eigenvalue weighted by Gasteiger charge is -2.15. The molecule has 0 aliphatic rings. The summed E-state index contributed by atoms with van der Waals surface area (Å²) in [4.78, 5) is 27.6. The Morgan fingerprint density at radius 2 is 0.466 bits per heavy atom. The summed E-state index contributed by atoms with van der Waals surface area (Å²) in [6.45, 7) is 11.5. The zero-order valence-electron chi connectivity index (χ0n) is 54.8. The highest BCUT2D eigenvalue weighted by atomic mass is 16.6. The van der Waals surface area contributed by atoms with Crippen LogP contribution in [0, 0.1) is 0 Å². The average molecular weight is 1200 g/mol. The molecule has 6 aromatic rings. The molecule has 0 spiro atoms. The molecule has 0 aromatic heterocycles. The lowest BCUT2D eigenvalue weighted by molar-refractivity contribution is -0.169. The molecule has 0 heterocycles. The normalized spacial score (nSPS) is 11.2. The van der Waals surface area contributed by atoms with Gasteiger partial charge >= 0.3 is 11.9 Å². The molecule has 0 aliphatic carbocycles. The maximum absolute atomic E-state index is 13.8. The van der Waals surface area contributed by atoms with Crippen molar-refractivity contribution in [2.45, 2.75) is 246 Å². The van der Waals surface area contributed by atoms with Crippen molar-refractivity contribution in [2.75, 3.05) is 26.4 Å². The Kier molecular flexibility index (Phi) is 35.3. The highest BCUT2D eigenvalue weighted by Crippen LogP contribution is 2.34. The summed E-state index contributed by atoms with van der Waals surface area (Å²) < 4.78 is 36.4. The Morgan fingerprint density at radius 3 is 0.716 bits per heavy atom. The zero-order chi connectivity index (χ0) is 61.9. The van der Waals surface area contributed by atoms with Crippen LogP contribution >= 0.6 is 0 Å². The van der Waals surface area contributed by atoms with Crippen LogP contribution < -0.4 is 18.9 Å². The molecule has 0 aliphatic heterocycles. The molecular weight excluding hydrogens is 1090 g/mol. The first-order valence-corrected chi connectivity index (χ1v) is 34.9. The third-order valence-corrected chi connectivity index (χ3v) is 16.9. The van der Waals surface area contributed by atoms with Crippen molar-refractivity contribution in [3.63, 3.8) is 0 Å². The predicted molar refractivity (Wildman–Crippen MR) is 367 cm³/mol. The lowest BCUT2D eigenvalue weighted by atomic mass is 9.95. The van der Waals surface area contributed by atoms with Gasteiger partial charge in [0.25, 0.3) is 0 Å². The Morgan fingerprint density at radius 1 is 0.250 bits per heavy atom. The monoisotopic (exact) mass is 1200 g/mol. The number of hydrogen-bond acceptors (Lipinski definition) is 8. The average Bonchev–Trinajstić information content (AvgIpc) is 3.08. The molecule has 6 rings (SSSR count). The molecule has 0 saturated heterocycles. The van der Waals surface area contributed by atoms with Gasteiger partial charge in [-0.1, -0.05) is 280 Å². The van der Waals surface area contributed by atoms with Crippen molar-refractivity contribution in [3.8, 4) is 67.5 Å². The van der Waals surface area contributed by atoms with Gasteiger partial charge in [0.1, 0.15) is 36.2 Å². The lowest BCUT2D eigenvalue weighted by Crippen LogP contribution is -2.20. The van der Waals surface area contributed by atoms with E-state index in [1.807, 2.05) is 84.9 Å². The first-order valence-electron chi connectivity index (χ1n) is 34.9. The molecule has 0 radical (unpaired) electrons. The summed E-state index contributed by atoms with van der Waals surface area (Å²) in [6.07, 6.45) is 40.1. The van der Waals surface area contributed by atoms with E-state index in [1.165, 1.54) is 180 Å². The van der Waals surface area contributed by atoms with Crippen LogP contribution in [0.15, 0.2) is 133 Å². The van der Waals surface area contributed by atoms with Crippen LogP contribution in [0.1, 0.15) is 244 Å². The molecule has 6 aromatic carbocycles. The molecule has 0 fully saturated rings. The van der Waals surface area contributed by atoms with Crippen molar-refractivity contribution in [2.24, 2.45) is 0 Å². The molecular formula is C80H110O8. The standard InChI is InChI=1S/C80H110O8/c1-5-9-13-17-21-25-29-33-57-83-73-47-37-65(38-48-73)69-45-55-77(67-41-51-75(52-42-67)85-59-35-31-27-23-19-15-11-7-3)71(61-69)63-87-79(81)80(82)88-64-72-62-70(66-39-49-74(50-40-66)84-58-34-30-26-22-18-14-10-6-2)46-56-78(72)68-43-53-76(54-44-68)86-60-36-32-28-24-20-16-12-8-4/h37-56,61-62H,5-36,57-60,63-64H2,1-4H3. The third kappa shape index (κ3) is 27.5. The second-order valence-corrected chi connectivity index (χ2v) is 24.3. The van der Waals surface area contributed by atoms with Crippen molar-refractivity contribution in [1.29, 1.82) is 0 Å². The number of ether oxygens (including phenoxy) is 6. The minimum Gasteiger partial charge on any atom is -0.494 e. The number of carbonyl (C=O) groups is 2. The van der Waals surface area contributed by atoms with Gasteiger partial charge < -0.3 is 28.4 Å². The number of esters is 2. The summed E-state index contributed by atoms with van der Waals surface area (Å²) in [5.41, 5.74) is 9.08. The van der Waals surface area contributed by atoms with Gasteiger partial charge in [-0.3, -0.25) is 0 Å². The molecule has 478 valence electrons. The quantitative estimate of drug-likeness (QED) is 0.0212. The van der Waals surface area contributed by atoms with Gasteiger partial charge in [0.15, 0.2) is 0 Å². The number of hydrogen-bond donors (Lipinski definition) is 0. The summed E-state index contributed by atoms with van der Waals surface area (Å²) in [7, 11) is 0. The fraction of sp³-hybridized carbons (Fsp3) is 0.525. The van der Waals surface area contributed by atoms with Gasteiger partial charge in [0, 0.05) is 0 Å². The van der Waals surface area contributed by atoms with E-state index in [2.05, 4.69) is 76.2 Å². The SMILES string of the molecule is CCCCCCCCCCOc1ccc(-c2ccc(-c3ccc(OCCCCCCCCCC)cc3)c(COC(=O)C(=O)OCc3cc(-c4ccc(OCCCCCCCCCC)cc4)ccc3-c3ccc(OCCCCCCCCCC)cc3)c2)cc1. The van der Waals surface area contributed by atoms with Crippen molar-refractivity contribution >= 4 is 11.9 Å². The number of benzene rings is 6. The van der Waals surface area contributed by atoms with Gasteiger partial charge in [0.05, 0.1) is 26.4 Å². The van der Waals surface area contributed by atoms with E-state index in [0.717, 1.165) is 104 Å². The summed E-state index contributed by atoms with van der Waals surface area (Å²) in [5, 5.41) is 0. The maximum Gasteiger partial charge on any atom is 0.417 e. The fourth-order valence-electron chi connectivity index (χ4n) is 11.4. The molecule has 0 atom stereocenters. The van der Waals surface area contributed by atoms with Gasteiger partial charge in [-0.05, 0) is 142 Å². The number of rotatable bonds is 48. The second-order valence-electron chi connectivity index (χ2n) is 24.3. The molecule has 0 unspecified atom stereocenters. The van der Waals surface area contributed by atoms with Crippen LogP contribution in [-0.2, 0) is 32.3 Å². The topological polar surface area (TPSA) is 89.5 Å².